The molecule has 5 N–H and O–H groups in total. The molecule has 0 radical (unpaired) electrons. The molecule has 8 rings (SSSR count). The van der Waals surface area contributed by atoms with Crippen molar-refractivity contribution in [1.29, 1.82) is 0 Å². The van der Waals surface area contributed by atoms with E-state index in [9.17, 15) is 59.1 Å². The monoisotopic (exact) mass is 1430 g/mol. The molecule has 6 aromatic carbocycles. The highest BCUT2D eigenvalue weighted by molar-refractivity contribution is 5.81. The molecule has 0 spiro atoms. The number of phenols is 5. The zero-order chi connectivity index (χ0) is 75.5. The molecular weight excluding hydrogens is 1350 g/mol. The molecule has 0 saturated carbocycles. The summed E-state index contributed by atoms with van der Waals surface area (Å²) in [6, 6.07) is 25.4. The Balaban J connectivity index is 0.000000291. The van der Waals surface area contributed by atoms with Crippen LogP contribution in [0.25, 0.3) is 68.3 Å². The summed E-state index contributed by atoms with van der Waals surface area (Å²) in [7, 11) is 8.55. The van der Waals surface area contributed by atoms with Crippen molar-refractivity contribution >= 4 is 41.8 Å². The Bertz CT molecular complexity index is 4110. The van der Waals surface area contributed by atoms with Gasteiger partial charge in [0.2, 0.25) is 0 Å². The van der Waals surface area contributed by atoms with Crippen LogP contribution in [0.15, 0.2) is 109 Å². The SMILES string of the molecule is CCC(Oc1ccc(-c2nc(-c3ccc(OC(C)C(=O)OC)cc3O)nc(-c3ccc(OC(C)C(=O)OC)cc3O)n2)c(OC(C)C(=O)OC)c1)C(=O)OC.COC(=O)C(C)Oc1ccc(-c2nc(-c3ccc(OC(C)C(=O)OC)cc3O)nc(-c3ccc(OC(C)C(=O)OC)cc3O)n2)c(O)c1. The lowest BCUT2D eigenvalue weighted by molar-refractivity contribution is -0.149. The van der Waals surface area contributed by atoms with Gasteiger partial charge in [-0.05, 0) is 121 Å². The summed E-state index contributed by atoms with van der Waals surface area (Å²) in [5.74, 6) is -5.40. The number of rotatable bonds is 28. The molecule has 2 heterocycles. The normalized spacial score (nSPS) is 12.8. The summed E-state index contributed by atoms with van der Waals surface area (Å²) in [6.07, 6.45) is -6.61. The van der Waals surface area contributed by atoms with Gasteiger partial charge in [-0.25, -0.2) is 63.5 Å². The molecule has 32 nitrogen and oxygen atoms in total. The molecule has 0 amide bonds. The van der Waals surface area contributed by atoms with Gasteiger partial charge in [-0.15, -0.1) is 0 Å². The van der Waals surface area contributed by atoms with Crippen molar-refractivity contribution in [2.75, 3.05) is 49.8 Å². The number of phenolic OH excluding ortho intramolecular Hbond substituents is 5. The molecular formula is C71H74N6O26. The maximum Gasteiger partial charge on any atom is 0.347 e. The van der Waals surface area contributed by atoms with E-state index in [2.05, 4.69) is 44.1 Å². The highest BCUT2D eigenvalue weighted by Crippen LogP contribution is 2.42. The molecule has 0 aliphatic carbocycles. The van der Waals surface area contributed by atoms with Crippen LogP contribution < -0.4 is 33.2 Å². The van der Waals surface area contributed by atoms with E-state index in [0.717, 1.165) is 0 Å². The van der Waals surface area contributed by atoms with E-state index in [1.807, 2.05) is 0 Å². The Labute approximate surface area is 588 Å². The first-order chi connectivity index (χ1) is 49.1. The van der Waals surface area contributed by atoms with Gasteiger partial charge in [-0.3, -0.25) is 0 Å². The Hall–Kier alpha value is -12.8. The number of aromatic nitrogens is 6. The maximum atomic E-state index is 12.4. The van der Waals surface area contributed by atoms with Crippen molar-refractivity contribution in [2.24, 2.45) is 0 Å². The van der Waals surface area contributed by atoms with Crippen LogP contribution >= 0.6 is 0 Å². The number of esters is 7. The summed E-state index contributed by atoms with van der Waals surface area (Å²) < 4.78 is 72.8. The zero-order valence-corrected chi connectivity index (χ0v) is 58.1. The molecule has 8 aromatic rings. The maximum absolute atomic E-state index is 12.4. The molecule has 7 atom stereocenters. The summed E-state index contributed by atoms with van der Waals surface area (Å²) in [6.45, 7) is 10.6. The quantitative estimate of drug-likeness (QED) is 0.0227. The molecule has 0 aliphatic rings. The van der Waals surface area contributed by atoms with Crippen LogP contribution in [-0.2, 0) is 66.7 Å². The molecule has 0 aliphatic heterocycles. The second-order valence-corrected chi connectivity index (χ2v) is 21.9. The van der Waals surface area contributed by atoms with Gasteiger partial charge in [-0.2, -0.15) is 0 Å². The molecule has 0 bridgehead atoms. The fourth-order valence-electron chi connectivity index (χ4n) is 9.29. The van der Waals surface area contributed by atoms with E-state index in [1.54, 1.807) is 6.92 Å². The number of hydrogen-bond donors (Lipinski definition) is 5. The summed E-state index contributed by atoms with van der Waals surface area (Å²) in [5.41, 5.74) is 0.769. The number of carbonyl (C=O) groups is 7. The number of aromatic hydroxyl groups is 5. The minimum atomic E-state index is -1.13. The van der Waals surface area contributed by atoms with E-state index in [4.69, 9.17) is 52.1 Å². The van der Waals surface area contributed by atoms with E-state index in [1.165, 1.54) is 201 Å². The first-order valence-corrected chi connectivity index (χ1v) is 31.1. The molecule has 103 heavy (non-hydrogen) atoms. The van der Waals surface area contributed by atoms with Crippen molar-refractivity contribution in [3.63, 3.8) is 0 Å². The van der Waals surface area contributed by atoms with Crippen molar-refractivity contribution < 1.29 is 125 Å². The molecule has 544 valence electrons. The number of benzene rings is 6. The number of ether oxygens (including phenoxy) is 14. The fourth-order valence-corrected chi connectivity index (χ4v) is 9.29. The predicted octanol–water partition coefficient (Wildman–Crippen LogP) is 8.25. The third kappa shape index (κ3) is 19.8. The summed E-state index contributed by atoms with van der Waals surface area (Å²) in [5, 5.41) is 55.2. The Morgan fingerprint density at radius 1 is 0.282 bits per heavy atom. The number of hydrogen-bond acceptors (Lipinski definition) is 32. The smallest absolute Gasteiger partial charge is 0.347 e. The minimum absolute atomic E-state index is 0.0350. The number of methoxy groups -OCH3 is 7. The van der Waals surface area contributed by atoms with Crippen molar-refractivity contribution in [3.05, 3.63) is 109 Å². The van der Waals surface area contributed by atoms with Crippen LogP contribution in [0.5, 0.6) is 69.0 Å². The summed E-state index contributed by atoms with van der Waals surface area (Å²) >= 11 is 0. The molecule has 7 unspecified atom stereocenters. The van der Waals surface area contributed by atoms with Crippen LogP contribution in [0.3, 0.4) is 0 Å². The van der Waals surface area contributed by atoms with Gasteiger partial charge >= 0.3 is 41.8 Å². The predicted molar refractivity (Wildman–Crippen MR) is 360 cm³/mol. The van der Waals surface area contributed by atoms with Crippen LogP contribution in [0.2, 0.25) is 0 Å². The lowest BCUT2D eigenvalue weighted by Gasteiger charge is -2.19. The molecule has 0 fully saturated rings. The second-order valence-electron chi connectivity index (χ2n) is 21.9. The van der Waals surface area contributed by atoms with Gasteiger partial charge in [0.1, 0.15) is 69.0 Å². The summed E-state index contributed by atoms with van der Waals surface area (Å²) in [4.78, 5) is 111. The van der Waals surface area contributed by atoms with E-state index in [0.29, 0.717) is 0 Å². The average molecular weight is 1430 g/mol. The highest BCUT2D eigenvalue weighted by Gasteiger charge is 2.28. The van der Waals surface area contributed by atoms with Crippen molar-refractivity contribution in [2.45, 2.75) is 97.6 Å². The third-order valence-electron chi connectivity index (χ3n) is 14.7. The fraction of sp³-hybridized carbons (Fsp3) is 0.310. The van der Waals surface area contributed by atoms with E-state index < -0.39 is 84.5 Å². The van der Waals surface area contributed by atoms with E-state index >= 15 is 0 Å². The molecule has 2 aromatic heterocycles. The molecule has 32 heteroatoms. The van der Waals surface area contributed by atoms with Crippen LogP contribution in [0.1, 0.15) is 54.9 Å². The van der Waals surface area contributed by atoms with Gasteiger partial charge in [0.05, 0.1) is 83.1 Å². The van der Waals surface area contributed by atoms with Crippen LogP contribution in [0.4, 0.5) is 0 Å². The average Bonchev–Trinajstić information content (AvgIpc) is 0.783. The van der Waals surface area contributed by atoms with Gasteiger partial charge in [0.25, 0.3) is 0 Å². The Morgan fingerprint density at radius 2 is 0.476 bits per heavy atom. The van der Waals surface area contributed by atoms with Crippen LogP contribution in [-0.4, -0.2) is 190 Å². The number of nitrogens with zero attached hydrogens (tertiary/aromatic N) is 6. The third-order valence-corrected chi connectivity index (χ3v) is 14.7. The zero-order valence-electron chi connectivity index (χ0n) is 58.1. The Morgan fingerprint density at radius 3 is 0.680 bits per heavy atom. The van der Waals surface area contributed by atoms with Crippen molar-refractivity contribution in [1.82, 2.24) is 29.9 Å². The van der Waals surface area contributed by atoms with Gasteiger partial charge < -0.3 is 91.8 Å². The van der Waals surface area contributed by atoms with Crippen LogP contribution in [0, 0.1) is 0 Å². The van der Waals surface area contributed by atoms with Gasteiger partial charge in [0.15, 0.2) is 77.7 Å². The second kappa shape index (κ2) is 35.3. The highest BCUT2D eigenvalue weighted by atomic mass is 16.6. The first-order valence-electron chi connectivity index (χ1n) is 31.1. The largest absolute Gasteiger partial charge is 0.507 e. The lowest BCUT2D eigenvalue weighted by atomic mass is 10.1. The topological polar surface area (TPSA) is 427 Å². The standard InChI is InChI=1S/C38H41N3O14.C33H33N3O12/c1-9-30(38(47)51-8)55-24-12-15-27(31(18-24)54-21(4)37(46)50-7)34-40-32(25-13-10-22(16-28(25)42)52-19(2)35(44)48-5)39-33(41-34)26-14-11-23(17-29(26)43)53-20(3)36(45)49-6;1-16(31(40)43-4)46-19-7-10-22(25(37)13-19)28-34-29(23-11-8-20(14-26(23)38)47-17(2)32(41)44-5)36-30(35-28)24-12-9-21(15-27(24)39)48-18(3)33(42)45-6/h10-21,30,42-43H,9H2,1-8H3;7-18,37-39H,1-6H3. The van der Waals surface area contributed by atoms with Gasteiger partial charge in [-0.1, -0.05) is 6.92 Å². The number of carbonyl (C=O) groups excluding carboxylic acids is 7. The minimum Gasteiger partial charge on any atom is -0.507 e. The first kappa shape index (κ1) is 77.6. The van der Waals surface area contributed by atoms with Gasteiger partial charge in [0, 0.05) is 36.4 Å². The Kier molecular flexibility index (Phi) is 26.6. The molecule has 0 saturated heterocycles. The lowest BCUT2D eigenvalue weighted by Crippen LogP contribution is -2.28. The van der Waals surface area contributed by atoms with Crippen molar-refractivity contribution in [3.8, 4) is 137 Å². The van der Waals surface area contributed by atoms with E-state index in [-0.39, 0.29) is 144 Å².